The van der Waals surface area contributed by atoms with Crippen LogP contribution < -0.4 is 0 Å². The number of hydrogen-bond donors (Lipinski definition) is 2. The van der Waals surface area contributed by atoms with Gasteiger partial charge in [0.15, 0.2) is 0 Å². The van der Waals surface area contributed by atoms with Crippen molar-refractivity contribution in [2.24, 2.45) is 5.92 Å². The number of aromatic carboxylic acids is 1. The first-order valence-corrected chi connectivity index (χ1v) is 8.79. The topological polar surface area (TPSA) is 73.4 Å². The predicted octanol–water partition coefficient (Wildman–Crippen LogP) is 3.57. The van der Waals surface area contributed by atoms with E-state index in [9.17, 15) is 9.59 Å². The van der Waals surface area contributed by atoms with Crippen molar-refractivity contribution >= 4 is 22.8 Å². The summed E-state index contributed by atoms with van der Waals surface area (Å²) in [6.45, 7) is 1.44. The number of nitrogens with zero attached hydrogens (tertiary/aromatic N) is 1. The number of carbonyl (C=O) groups excluding carboxylic acids is 1. The number of rotatable bonds is 4. The standard InChI is InChI=1S/C21H20N2O3/c24-20(18-5-2-6-19-17(18)7-9-22-19)23-10-8-15(13-23)11-14-3-1-4-16(12-14)21(25)26/h1-7,9,12,15,22H,8,10-11,13H2,(H,25,26). The molecule has 1 saturated heterocycles. The van der Waals surface area contributed by atoms with Crippen LogP contribution in [0.5, 0.6) is 0 Å². The van der Waals surface area contributed by atoms with E-state index in [1.165, 1.54) is 0 Å². The van der Waals surface area contributed by atoms with Crippen LogP contribution in [-0.2, 0) is 6.42 Å². The van der Waals surface area contributed by atoms with Crippen LogP contribution >= 0.6 is 0 Å². The third kappa shape index (κ3) is 3.08. The molecule has 0 aliphatic carbocycles. The van der Waals surface area contributed by atoms with Crippen molar-refractivity contribution in [3.05, 3.63) is 71.4 Å². The van der Waals surface area contributed by atoms with Gasteiger partial charge in [0.1, 0.15) is 0 Å². The van der Waals surface area contributed by atoms with Gasteiger partial charge in [0.2, 0.25) is 0 Å². The fourth-order valence-corrected chi connectivity index (χ4v) is 3.79. The first kappa shape index (κ1) is 16.4. The lowest BCUT2D eigenvalue weighted by molar-refractivity contribution is 0.0696. The van der Waals surface area contributed by atoms with Crippen molar-refractivity contribution in [3.8, 4) is 0 Å². The molecule has 26 heavy (non-hydrogen) atoms. The number of likely N-dealkylation sites (tertiary alicyclic amines) is 1. The van der Waals surface area contributed by atoms with E-state index < -0.39 is 5.97 Å². The summed E-state index contributed by atoms with van der Waals surface area (Å²) in [6.07, 6.45) is 3.58. The summed E-state index contributed by atoms with van der Waals surface area (Å²) in [7, 11) is 0. The SMILES string of the molecule is O=C(O)c1cccc(CC2CCN(C(=O)c3cccc4[nH]ccc34)C2)c1. The molecule has 0 spiro atoms. The Morgan fingerprint density at radius 2 is 2.00 bits per heavy atom. The van der Waals surface area contributed by atoms with Gasteiger partial charge in [-0.25, -0.2) is 4.79 Å². The lowest BCUT2D eigenvalue weighted by Crippen LogP contribution is -2.29. The number of aromatic nitrogens is 1. The maximum Gasteiger partial charge on any atom is 0.335 e. The van der Waals surface area contributed by atoms with Crippen LogP contribution in [0.3, 0.4) is 0 Å². The number of amides is 1. The molecule has 1 aliphatic heterocycles. The molecule has 1 amide bonds. The van der Waals surface area contributed by atoms with Crippen LogP contribution in [0.2, 0.25) is 0 Å². The molecule has 1 fully saturated rings. The molecule has 2 heterocycles. The van der Waals surface area contributed by atoms with Gasteiger partial charge in [0.25, 0.3) is 5.91 Å². The van der Waals surface area contributed by atoms with E-state index in [2.05, 4.69) is 4.98 Å². The number of fused-ring (bicyclic) bond motifs is 1. The van der Waals surface area contributed by atoms with E-state index >= 15 is 0 Å². The highest BCUT2D eigenvalue weighted by atomic mass is 16.4. The Morgan fingerprint density at radius 1 is 1.15 bits per heavy atom. The summed E-state index contributed by atoms with van der Waals surface area (Å²) in [4.78, 5) is 29.1. The second-order valence-corrected chi connectivity index (χ2v) is 6.86. The first-order chi connectivity index (χ1) is 12.6. The summed E-state index contributed by atoms with van der Waals surface area (Å²) in [5.74, 6) is -0.486. The molecule has 2 aromatic carbocycles. The van der Waals surface area contributed by atoms with Gasteiger partial charge in [-0.15, -0.1) is 0 Å². The Balaban J connectivity index is 1.47. The second kappa shape index (κ2) is 6.67. The molecule has 0 bridgehead atoms. The number of carboxylic acids is 1. The highest BCUT2D eigenvalue weighted by Crippen LogP contribution is 2.25. The lowest BCUT2D eigenvalue weighted by atomic mass is 9.97. The molecule has 1 unspecified atom stereocenters. The van der Waals surface area contributed by atoms with Crippen LogP contribution in [0.1, 0.15) is 32.7 Å². The van der Waals surface area contributed by atoms with E-state index in [0.29, 0.717) is 18.0 Å². The lowest BCUT2D eigenvalue weighted by Gasteiger charge is -2.17. The van der Waals surface area contributed by atoms with Crippen LogP contribution in [0, 0.1) is 5.92 Å². The zero-order valence-electron chi connectivity index (χ0n) is 14.3. The van der Waals surface area contributed by atoms with Crippen molar-refractivity contribution in [2.75, 3.05) is 13.1 Å². The minimum atomic E-state index is -0.908. The van der Waals surface area contributed by atoms with E-state index in [1.54, 1.807) is 18.2 Å². The zero-order chi connectivity index (χ0) is 18.1. The largest absolute Gasteiger partial charge is 0.478 e. The number of hydrogen-bond acceptors (Lipinski definition) is 2. The minimum absolute atomic E-state index is 0.0667. The molecule has 1 atom stereocenters. The molecule has 4 rings (SSSR count). The predicted molar refractivity (Wildman–Crippen MR) is 99.4 cm³/mol. The van der Waals surface area contributed by atoms with Gasteiger partial charge in [-0.3, -0.25) is 4.79 Å². The Kier molecular flexibility index (Phi) is 4.21. The number of H-pyrrole nitrogens is 1. The van der Waals surface area contributed by atoms with E-state index in [-0.39, 0.29) is 5.91 Å². The molecule has 5 heteroatoms. The van der Waals surface area contributed by atoms with Gasteiger partial charge >= 0.3 is 5.97 Å². The smallest absolute Gasteiger partial charge is 0.335 e. The zero-order valence-corrected chi connectivity index (χ0v) is 14.3. The maximum atomic E-state index is 12.9. The number of carbonyl (C=O) groups is 2. The first-order valence-electron chi connectivity index (χ1n) is 8.79. The molecule has 1 aliphatic rings. The number of benzene rings is 2. The van der Waals surface area contributed by atoms with Crippen LogP contribution in [0.25, 0.3) is 10.9 Å². The summed E-state index contributed by atoms with van der Waals surface area (Å²) in [6, 6.07) is 14.8. The average molecular weight is 348 g/mol. The minimum Gasteiger partial charge on any atom is -0.478 e. The fourth-order valence-electron chi connectivity index (χ4n) is 3.79. The molecule has 5 nitrogen and oxygen atoms in total. The van der Waals surface area contributed by atoms with Gasteiger partial charge in [-0.1, -0.05) is 18.2 Å². The summed E-state index contributed by atoms with van der Waals surface area (Å²) in [5.41, 5.74) is 3.03. The Labute approximate surface area is 151 Å². The van der Waals surface area contributed by atoms with Crippen LogP contribution in [-0.4, -0.2) is 40.0 Å². The van der Waals surface area contributed by atoms with Crippen LogP contribution in [0.15, 0.2) is 54.7 Å². The molecule has 0 saturated carbocycles. The van der Waals surface area contributed by atoms with Gasteiger partial charge in [-0.2, -0.15) is 0 Å². The molecule has 1 aromatic heterocycles. The highest BCUT2D eigenvalue weighted by Gasteiger charge is 2.28. The third-order valence-electron chi connectivity index (χ3n) is 5.10. The molecule has 132 valence electrons. The molecule has 2 N–H and O–H groups in total. The second-order valence-electron chi connectivity index (χ2n) is 6.86. The van der Waals surface area contributed by atoms with Crippen molar-refractivity contribution in [1.82, 2.24) is 9.88 Å². The Hall–Kier alpha value is -3.08. The van der Waals surface area contributed by atoms with E-state index in [4.69, 9.17) is 5.11 Å². The summed E-state index contributed by atoms with van der Waals surface area (Å²) < 4.78 is 0. The number of nitrogens with one attached hydrogen (secondary N) is 1. The molecular weight excluding hydrogens is 328 g/mol. The quantitative estimate of drug-likeness (QED) is 0.757. The fraction of sp³-hybridized carbons (Fsp3) is 0.238. The maximum absolute atomic E-state index is 12.9. The van der Waals surface area contributed by atoms with Crippen molar-refractivity contribution in [1.29, 1.82) is 0 Å². The average Bonchev–Trinajstić information content (AvgIpc) is 3.30. The number of aromatic amines is 1. The monoisotopic (exact) mass is 348 g/mol. The van der Waals surface area contributed by atoms with Crippen LogP contribution in [0.4, 0.5) is 0 Å². The normalized spacial score (nSPS) is 16.9. The molecular formula is C21H20N2O3. The number of carboxylic acid groups (broad SMARTS) is 1. The van der Waals surface area contributed by atoms with Gasteiger partial charge in [-0.05, 0) is 54.7 Å². The summed E-state index contributed by atoms with van der Waals surface area (Å²) >= 11 is 0. The Morgan fingerprint density at radius 3 is 2.85 bits per heavy atom. The van der Waals surface area contributed by atoms with Crippen molar-refractivity contribution in [3.63, 3.8) is 0 Å². The van der Waals surface area contributed by atoms with Crippen molar-refractivity contribution in [2.45, 2.75) is 12.8 Å². The van der Waals surface area contributed by atoms with Gasteiger partial charge in [0.05, 0.1) is 5.56 Å². The third-order valence-corrected chi connectivity index (χ3v) is 5.10. The summed E-state index contributed by atoms with van der Waals surface area (Å²) in [5, 5.41) is 10.1. The molecule has 3 aromatic rings. The van der Waals surface area contributed by atoms with Gasteiger partial charge < -0.3 is 15.0 Å². The highest BCUT2D eigenvalue weighted by molar-refractivity contribution is 6.06. The van der Waals surface area contributed by atoms with Crippen molar-refractivity contribution < 1.29 is 14.7 Å². The Bertz CT molecular complexity index is 976. The molecule has 0 radical (unpaired) electrons. The van der Waals surface area contributed by atoms with E-state index in [0.717, 1.165) is 41.4 Å². The van der Waals surface area contributed by atoms with Gasteiger partial charge in [0, 0.05) is 35.8 Å². The van der Waals surface area contributed by atoms with E-state index in [1.807, 2.05) is 41.4 Å².